The summed E-state index contributed by atoms with van der Waals surface area (Å²) >= 11 is 0. The van der Waals surface area contributed by atoms with Crippen molar-refractivity contribution >= 4 is 5.69 Å². The van der Waals surface area contributed by atoms with Crippen molar-refractivity contribution < 1.29 is 5.11 Å². The van der Waals surface area contributed by atoms with Crippen molar-refractivity contribution in [2.24, 2.45) is 5.41 Å². The van der Waals surface area contributed by atoms with Gasteiger partial charge in [0.1, 0.15) is 0 Å². The maximum absolute atomic E-state index is 9.30. The molecule has 0 aliphatic heterocycles. The first-order valence-corrected chi connectivity index (χ1v) is 5.91. The number of anilines is 1. The highest BCUT2D eigenvalue weighted by Crippen LogP contribution is 2.21. The van der Waals surface area contributed by atoms with E-state index in [1.165, 1.54) is 11.3 Å². The lowest BCUT2D eigenvalue weighted by atomic mass is 9.94. The Morgan fingerprint density at radius 3 is 2.19 bits per heavy atom. The molecule has 0 spiro atoms. The van der Waals surface area contributed by atoms with E-state index in [0.717, 1.165) is 13.1 Å². The van der Waals surface area contributed by atoms with Crippen LogP contribution in [0, 0.1) is 12.3 Å². The molecule has 2 heteroatoms. The molecule has 0 aliphatic carbocycles. The lowest BCUT2D eigenvalue weighted by Gasteiger charge is -2.32. The molecule has 0 radical (unpaired) electrons. The molecule has 1 rings (SSSR count). The third kappa shape index (κ3) is 3.53. The molecular weight excluding hydrogens is 198 g/mol. The van der Waals surface area contributed by atoms with Crippen LogP contribution in [0.15, 0.2) is 24.3 Å². The van der Waals surface area contributed by atoms with Gasteiger partial charge in [-0.25, -0.2) is 0 Å². The van der Waals surface area contributed by atoms with Crippen LogP contribution in [-0.4, -0.2) is 24.8 Å². The van der Waals surface area contributed by atoms with Gasteiger partial charge < -0.3 is 10.0 Å². The van der Waals surface area contributed by atoms with Crippen molar-refractivity contribution in [3.8, 4) is 0 Å². The van der Waals surface area contributed by atoms with Crippen molar-refractivity contribution in [3.63, 3.8) is 0 Å². The Morgan fingerprint density at radius 1 is 1.19 bits per heavy atom. The van der Waals surface area contributed by atoms with Crippen molar-refractivity contribution in [3.05, 3.63) is 29.8 Å². The molecular formula is C14H23NO. The molecule has 0 heterocycles. The van der Waals surface area contributed by atoms with Gasteiger partial charge in [0.2, 0.25) is 0 Å². The largest absolute Gasteiger partial charge is 0.396 e. The van der Waals surface area contributed by atoms with Crippen molar-refractivity contribution in [1.29, 1.82) is 0 Å². The van der Waals surface area contributed by atoms with Gasteiger partial charge in [-0.05, 0) is 26.0 Å². The van der Waals surface area contributed by atoms with Gasteiger partial charge in [-0.1, -0.05) is 31.5 Å². The zero-order chi connectivity index (χ0) is 12.2. The Morgan fingerprint density at radius 2 is 1.75 bits per heavy atom. The minimum atomic E-state index is -0.0547. The van der Waals surface area contributed by atoms with E-state index in [-0.39, 0.29) is 12.0 Å². The molecule has 16 heavy (non-hydrogen) atoms. The number of hydrogen-bond donors (Lipinski definition) is 1. The number of aryl methyl sites for hydroxylation is 1. The second kappa shape index (κ2) is 5.35. The van der Waals surface area contributed by atoms with E-state index in [4.69, 9.17) is 0 Å². The first-order chi connectivity index (χ1) is 7.48. The van der Waals surface area contributed by atoms with E-state index < -0.39 is 0 Å². The molecule has 2 nitrogen and oxygen atoms in total. The second-order valence-corrected chi connectivity index (χ2v) is 5.17. The zero-order valence-corrected chi connectivity index (χ0v) is 10.8. The summed E-state index contributed by atoms with van der Waals surface area (Å²) in [5.41, 5.74) is 2.46. The number of aliphatic hydroxyl groups is 1. The molecule has 1 aromatic carbocycles. The van der Waals surface area contributed by atoms with Crippen LogP contribution in [0.3, 0.4) is 0 Å². The summed E-state index contributed by atoms with van der Waals surface area (Å²) in [5, 5.41) is 9.30. The van der Waals surface area contributed by atoms with Crippen LogP contribution in [0.1, 0.15) is 26.3 Å². The van der Waals surface area contributed by atoms with E-state index in [0.29, 0.717) is 0 Å². The first kappa shape index (κ1) is 13.0. The third-order valence-corrected chi connectivity index (χ3v) is 2.83. The smallest absolute Gasteiger partial charge is 0.0499 e. The summed E-state index contributed by atoms with van der Waals surface area (Å²) in [7, 11) is 0. The fraction of sp³-hybridized carbons (Fsp3) is 0.571. The lowest BCUT2D eigenvalue weighted by Crippen LogP contribution is -2.36. The first-order valence-electron chi connectivity index (χ1n) is 5.91. The lowest BCUT2D eigenvalue weighted by molar-refractivity contribution is 0.164. The predicted octanol–water partition coefficient (Wildman–Crippen LogP) is 2.84. The van der Waals surface area contributed by atoms with Crippen LogP contribution < -0.4 is 4.90 Å². The summed E-state index contributed by atoms with van der Waals surface area (Å²) < 4.78 is 0. The van der Waals surface area contributed by atoms with E-state index in [9.17, 15) is 5.11 Å². The number of aliphatic hydroxyl groups excluding tert-OH is 1. The van der Waals surface area contributed by atoms with Crippen LogP contribution in [0.5, 0.6) is 0 Å². The molecule has 0 fully saturated rings. The quantitative estimate of drug-likeness (QED) is 0.826. The molecule has 1 N–H and O–H groups in total. The zero-order valence-electron chi connectivity index (χ0n) is 10.8. The SMILES string of the molecule is CCN(CC(C)(C)CO)c1ccc(C)cc1. The van der Waals surface area contributed by atoms with Crippen LogP contribution in [0.25, 0.3) is 0 Å². The predicted molar refractivity (Wildman–Crippen MR) is 69.9 cm³/mol. The van der Waals surface area contributed by atoms with Gasteiger partial charge in [-0.3, -0.25) is 0 Å². The van der Waals surface area contributed by atoms with Gasteiger partial charge in [0.05, 0.1) is 0 Å². The molecule has 0 unspecified atom stereocenters. The number of nitrogens with zero attached hydrogens (tertiary/aromatic N) is 1. The van der Waals surface area contributed by atoms with E-state index in [1.54, 1.807) is 0 Å². The van der Waals surface area contributed by atoms with Crippen molar-refractivity contribution in [2.45, 2.75) is 27.7 Å². The van der Waals surface area contributed by atoms with Gasteiger partial charge >= 0.3 is 0 Å². The minimum Gasteiger partial charge on any atom is -0.396 e. The topological polar surface area (TPSA) is 23.5 Å². The molecule has 0 aliphatic rings. The number of hydrogen-bond acceptors (Lipinski definition) is 2. The molecule has 90 valence electrons. The summed E-state index contributed by atoms with van der Waals surface area (Å²) in [4.78, 5) is 2.30. The highest BCUT2D eigenvalue weighted by molar-refractivity contribution is 5.47. The maximum atomic E-state index is 9.30. The number of benzene rings is 1. The van der Waals surface area contributed by atoms with Gasteiger partial charge in [-0.2, -0.15) is 0 Å². The Hall–Kier alpha value is -1.02. The van der Waals surface area contributed by atoms with E-state index in [1.807, 2.05) is 0 Å². The second-order valence-electron chi connectivity index (χ2n) is 5.17. The van der Waals surface area contributed by atoms with Crippen LogP contribution in [-0.2, 0) is 0 Å². The van der Waals surface area contributed by atoms with E-state index >= 15 is 0 Å². The standard InChI is InChI=1S/C14H23NO/c1-5-15(10-14(3,4)11-16)13-8-6-12(2)7-9-13/h6-9,16H,5,10-11H2,1-4H3. The van der Waals surface area contributed by atoms with Crippen LogP contribution in [0.2, 0.25) is 0 Å². The summed E-state index contributed by atoms with van der Waals surface area (Å²) in [6, 6.07) is 8.55. The van der Waals surface area contributed by atoms with Gasteiger partial charge in [0.25, 0.3) is 0 Å². The van der Waals surface area contributed by atoms with Crippen LogP contribution in [0.4, 0.5) is 5.69 Å². The highest BCUT2D eigenvalue weighted by Gasteiger charge is 2.20. The molecule has 0 amide bonds. The maximum Gasteiger partial charge on any atom is 0.0499 e. The molecule has 1 aromatic rings. The fourth-order valence-corrected chi connectivity index (χ4v) is 1.71. The molecule has 0 aromatic heterocycles. The van der Waals surface area contributed by atoms with Crippen molar-refractivity contribution in [2.75, 3.05) is 24.6 Å². The fourth-order valence-electron chi connectivity index (χ4n) is 1.71. The van der Waals surface area contributed by atoms with Gasteiger partial charge in [0, 0.05) is 30.8 Å². The molecule has 0 bridgehead atoms. The Labute approximate surface area is 98.9 Å². The van der Waals surface area contributed by atoms with E-state index in [2.05, 4.69) is 56.9 Å². The Balaban J connectivity index is 2.78. The van der Waals surface area contributed by atoms with Gasteiger partial charge in [0.15, 0.2) is 0 Å². The average molecular weight is 221 g/mol. The highest BCUT2D eigenvalue weighted by atomic mass is 16.3. The molecule has 0 atom stereocenters. The normalized spacial score (nSPS) is 11.6. The number of rotatable bonds is 5. The van der Waals surface area contributed by atoms with Crippen molar-refractivity contribution in [1.82, 2.24) is 0 Å². The summed E-state index contributed by atoms with van der Waals surface area (Å²) in [6.07, 6.45) is 0. The molecule has 0 saturated carbocycles. The van der Waals surface area contributed by atoms with Crippen LogP contribution >= 0.6 is 0 Å². The monoisotopic (exact) mass is 221 g/mol. The van der Waals surface area contributed by atoms with Gasteiger partial charge in [-0.15, -0.1) is 0 Å². The Kier molecular flexibility index (Phi) is 4.36. The Bertz CT molecular complexity index is 316. The average Bonchev–Trinajstić information content (AvgIpc) is 2.27. The minimum absolute atomic E-state index is 0.0547. The summed E-state index contributed by atoms with van der Waals surface area (Å²) in [6.45, 7) is 10.5. The third-order valence-electron chi connectivity index (χ3n) is 2.83. The molecule has 0 saturated heterocycles. The summed E-state index contributed by atoms with van der Waals surface area (Å²) in [5.74, 6) is 0.